The zero-order valence-electron chi connectivity index (χ0n) is 10.2. The molecule has 0 fully saturated rings. The summed E-state index contributed by atoms with van der Waals surface area (Å²) in [5, 5.41) is 0. The Kier molecular flexibility index (Phi) is 6.57. The second-order valence-electron chi connectivity index (χ2n) is 5.62. The zero-order valence-corrected chi connectivity index (χ0v) is 12.2. The van der Waals surface area contributed by atoms with E-state index in [0.717, 1.165) is 0 Å². The van der Waals surface area contributed by atoms with Crippen LogP contribution in [0.3, 0.4) is 0 Å². The third-order valence-electron chi connectivity index (χ3n) is 1.87. The Bertz CT molecular complexity index is 249. The summed E-state index contributed by atoms with van der Waals surface area (Å²) >= 11 is 0. The summed E-state index contributed by atoms with van der Waals surface area (Å²) in [6.07, 6.45) is 0. The highest BCUT2D eigenvalue weighted by Gasteiger charge is 2.30. The Hall–Kier alpha value is 0.300. The molecule has 0 aliphatic carbocycles. The molecule has 0 rings (SSSR count). The Morgan fingerprint density at radius 2 is 1.07 bits per heavy atom. The molecule has 0 amide bonds. The maximum atomic E-state index is 8.52. The minimum Gasteiger partial charge on any atom is -0.759 e. The lowest BCUT2D eigenvalue weighted by atomic mass is 9.77. The van der Waals surface area contributed by atoms with Crippen molar-refractivity contribution in [2.75, 3.05) is 0 Å². The van der Waals surface area contributed by atoms with Crippen LogP contribution in [-0.4, -0.2) is 23.2 Å². The minimum atomic E-state index is -5.17. The summed E-state index contributed by atoms with van der Waals surface area (Å²) < 4.78 is 34.1. The molecule has 6 heteroatoms. The zero-order chi connectivity index (χ0) is 13.1. The third kappa shape index (κ3) is 14.3. The Morgan fingerprint density at radius 1 is 0.933 bits per heavy atom. The van der Waals surface area contributed by atoms with Gasteiger partial charge in [0.15, 0.2) is 0 Å². The Balaban J connectivity index is 0. The lowest BCUT2D eigenvalue weighted by Crippen LogP contribution is -2.32. The molecule has 0 heterocycles. The van der Waals surface area contributed by atoms with E-state index in [-0.39, 0.29) is 0 Å². The summed E-state index contributed by atoms with van der Waals surface area (Å²) in [6, 6.07) is 0. The lowest BCUT2D eigenvalue weighted by Gasteiger charge is -2.37. The first-order chi connectivity index (χ1) is 6.15. The molecule has 0 aliphatic rings. The van der Waals surface area contributed by atoms with Crippen LogP contribution in [0.15, 0.2) is 0 Å². The fraction of sp³-hybridized carbons (Fsp3) is 1.00. The lowest BCUT2D eigenvalue weighted by molar-refractivity contribution is 0.248. The molecule has 94 valence electrons. The van der Waals surface area contributed by atoms with E-state index in [1.54, 1.807) is 0 Å². The van der Waals surface area contributed by atoms with Crippen LogP contribution in [0.4, 0.5) is 0 Å². The molecule has 1 atom stereocenters. The van der Waals surface area contributed by atoms with Gasteiger partial charge in [-0.15, -0.1) is 9.24 Å². The quantitative estimate of drug-likeness (QED) is 0.377. The summed E-state index contributed by atoms with van der Waals surface area (Å²) in [7, 11) is -2.22. The van der Waals surface area contributed by atoms with Gasteiger partial charge >= 0.3 is 0 Å². The molecule has 1 unspecified atom stereocenters. The van der Waals surface area contributed by atoms with E-state index >= 15 is 0 Å². The van der Waals surface area contributed by atoms with Crippen molar-refractivity contribution >= 4 is 19.6 Å². The normalized spacial score (nSPS) is 13.5. The summed E-state index contributed by atoms with van der Waals surface area (Å²) in [4.78, 5) is 0. The molecule has 0 radical (unpaired) electrons. The van der Waals surface area contributed by atoms with Crippen molar-refractivity contribution in [3.8, 4) is 0 Å². The van der Waals surface area contributed by atoms with Gasteiger partial charge in [0, 0.05) is 10.4 Å². The predicted octanol–water partition coefficient (Wildman–Crippen LogP) is 1.98. The van der Waals surface area contributed by atoms with Gasteiger partial charge in [-0.3, -0.25) is 8.42 Å². The number of hydrogen-bond donors (Lipinski definition) is 0. The molecular formula is C9H21O4PS-2. The van der Waals surface area contributed by atoms with E-state index in [0.29, 0.717) is 16.5 Å². The molecule has 15 heavy (non-hydrogen) atoms. The van der Waals surface area contributed by atoms with E-state index in [1.807, 2.05) is 0 Å². The van der Waals surface area contributed by atoms with Gasteiger partial charge in [-0.05, 0) is 16.5 Å². The predicted molar refractivity (Wildman–Crippen MR) is 62.9 cm³/mol. The van der Waals surface area contributed by atoms with Crippen LogP contribution in [0.2, 0.25) is 0 Å². The molecular weight excluding hydrogens is 235 g/mol. The molecule has 0 saturated carbocycles. The van der Waals surface area contributed by atoms with E-state index in [1.165, 1.54) is 0 Å². The van der Waals surface area contributed by atoms with Crippen LogP contribution >= 0.6 is 9.24 Å². The van der Waals surface area contributed by atoms with Crippen molar-refractivity contribution in [2.24, 2.45) is 10.8 Å². The van der Waals surface area contributed by atoms with Gasteiger partial charge < -0.3 is 9.11 Å². The van der Waals surface area contributed by atoms with Crippen LogP contribution in [0.1, 0.15) is 41.5 Å². The smallest absolute Gasteiger partial charge is 0.0311 e. The first kappa shape index (κ1) is 17.7. The topological polar surface area (TPSA) is 80.3 Å². The van der Waals surface area contributed by atoms with Gasteiger partial charge in [0.2, 0.25) is 0 Å². The molecule has 0 aromatic rings. The molecule has 0 aromatic carbocycles. The van der Waals surface area contributed by atoms with Gasteiger partial charge in [0.05, 0.1) is 0 Å². The molecule has 0 saturated heterocycles. The van der Waals surface area contributed by atoms with Gasteiger partial charge in [0.25, 0.3) is 0 Å². The Labute approximate surface area is 95.6 Å². The number of hydrogen-bond acceptors (Lipinski definition) is 4. The largest absolute Gasteiger partial charge is 0.759 e. The average molecular weight is 256 g/mol. The molecule has 0 spiro atoms. The van der Waals surface area contributed by atoms with Crippen molar-refractivity contribution < 1.29 is 17.5 Å². The van der Waals surface area contributed by atoms with Crippen LogP contribution in [0.25, 0.3) is 0 Å². The van der Waals surface area contributed by atoms with Crippen molar-refractivity contribution in [3.05, 3.63) is 0 Å². The molecule has 0 aromatic heterocycles. The molecule has 0 bridgehead atoms. The van der Waals surface area contributed by atoms with Gasteiger partial charge in [-0.25, -0.2) is 0 Å². The first-order valence-electron chi connectivity index (χ1n) is 4.58. The van der Waals surface area contributed by atoms with E-state index < -0.39 is 10.4 Å². The maximum absolute atomic E-state index is 8.52. The van der Waals surface area contributed by atoms with E-state index in [9.17, 15) is 0 Å². The van der Waals surface area contributed by atoms with Crippen molar-refractivity contribution in [1.29, 1.82) is 0 Å². The van der Waals surface area contributed by atoms with Crippen LogP contribution in [-0.2, 0) is 10.4 Å². The summed E-state index contributed by atoms with van der Waals surface area (Å²) in [5.41, 5.74) is 1.49. The SMILES string of the molecule is CC(C)(C)C(P)C(C)(C)C.O=S(=O)([O-])[O-]. The van der Waals surface area contributed by atoms with Crippen LogP contribution in [0, 0.1) is 10.8 Å². The summed E-state index contributed by atoms with van der Waals surface area (Å²) in [6.45, 7) is 13.7. The van der Waals surface area contributed by atoms with E-state index in [2.05, 4.69) is 50.8 Å². The van der Waals surface area contributed by atoms with Crippen LogP contribution < -0.4 is 0 Å². The summed E-state index contributed by atoms with van der Waals surface area (Å²) in [5.74, 6) is 0. The van der Waals surface area contributed by atoms with Gasteiger partial charge in [0.1, 0.15) is 0 Å². The second-order valence-corrected chi connectivity index (χ2v) is 7.10. The fourth-order valence-electron chi connectivity index (χ4n) is 1.30. The van der Waals surface area contributed by atoms with Gasteiger partial charge in [-0.2, -0.15) is 0 Å². The Morgan fingerprint density at radius 3 is 1.07 bits per heavy atom. The standard InChI is InChI=1S/C9H21P.H2O4S/c1-8(2,3)7(10)9(4,5)6;1-5(2,3)4/h7H,10H2,1-6H3;(H2,1,2,3,4)/p-2. The minimum absolute atomic E-state index is 0.406. The maximum Gasteiger partial charge on any atom is 0.0311 e. The third-order valence-corrected chi connectivity index (χ3v) is 3.87. The monoisotopic (exact) mass is 256 g/mol. The van der Waals surface area contributed by atoms with Crippen LogP contribution in [0.5, 0.6) is 0 Å². The molecule has 4 nitrogen and oxygen atoms in total. The number of rotatable bonds is 0. The van der Waals surface area contributed by atoms with Crippen molar-refractivity contribution in [1.82, 2.24) is 0 Å². The molecule has 0 aliphatic heterocycles. The molecule has 0 N–H and O–H groups in total. The first-order valence-corrected chi connectivity index (χ1v) is 6.58. The van der Waals surface area contributed by atoms with Gasteiger partial charge in [-0.1, -0.05) is 41.5 Å². The average Bonchev–Trinajstić information content (AvgIpc) is 1.77. The highest BCUT2D eigenvalue weighted by molar-refractivity contribution is 7.79. The van der Waals surface area contributed by atoms with E-state index in [4.69, 9.17) is 17.5 Å². The second kappa shape index (κ2) is 5.58. The fourth-order valence-corrected chi connectivity index (χ4v) is 1.30. The van der Waals surface area contributed by atoms with Crippen molar-refractivity contribution in [3.63, 3.8) is 0 Å². The van der Waals surface area contributed by atoms with Crippen molar-refractivity contribution in [2.45, 2.75) is 47.2 Å². The highest BCUT2D eigenvalue weighted by atomic mass is 32.3. The highest BCUT2D eigenvalue weighted by Crippen LogP contribution is 2.39.